The van der Waals surface area contributed by atoms with Crippen molar-refractivity contribution in [2.75, 3.05) is 10.6 Å². The summed E-state index contributed by atoms with van der Waals surface area (Å²) >= 11 is 6.02. The molecule has 0 spiro atoms. The van der Waals surface area contributed by atoms with Gasteiger partial charge in [-0.05, 0) is 78.1 Å². The Morgan fingerprint density at radius 2 is 1.82 bits per heavy atom. The van der Waals surface area contributed by atoms with Gasteiger partial charge in [0.2, 0.25) is 5.91 Å². The summed E-state index contributed by atoms with van der Waals surface area (Å²) in [5.41, 5.74) is 5.88. The number of fused-ring (bicyclic) bond motifs is 1. The van der Waals surface area contributed by atoms with Crippen molar-refractivity contribution < 1.29 is 4.79 Å². The van der Waals surface area contributed by atoms with E-state index in [4.69, 9.17) is 11.6 Å². The molecule has 0 saturated carbocycles. The molecule has 2 atom stereocenters. The van der Waals surface area contributed by atoms with Crippen LogP contribution < -0.4 is 10.6 Å². The van der Waals surface area contributed by atoms with Gasteiger partial charge in [-0.3, -0.25) is 4.79 Å². The van der Waals surface area contributed by atoms with Crippen molar-refractivity contribution >= 4 is 28.9 Å². The van der Waals surface area contributed by atoms with Crippen molar-refractivity contribution in [3.05, 3.63) is 58.1 Å². The molecule has 2 N–H and O–H groups in total. The van der Waals surface area contributed by atoms with Crippen molar-refractivity contribution in [2.45, 2.75) is 59.9 Å². The first-order valence-corrected chi connectivity index (χ1v) is 10.4. The van der Waals surface area contributed by atoms with Gasteiger partial charge in [0.25, 0.3) is 0 Å². The average Bonchev–Trinajstić information content (AvgIpc) is 2.58. The van der Waals surface area contributed by atoms with Crippen molar-refractivity contribution in [3.63, 3.8) is 0 Å². The fourth-order valence-corrected chi connectivity index (χ4v) is 4.16. The predicted octanol–water partition coefficient (Wildman–Crippen LogP) is 6.76. The van der Waals surface area contributed by atoms with Gasteiger partial charge in [-0.2, -0.15) is 0 Å². The van der Waals surface area contributed by atoms with E-state index in [2.05, 4.69) is 57.4 Å². The summed E-state index contributed by atoms with van der Waals surface area (Å²) in [5.74, 6) is 0.659. The van der Waals surface area contributed by atoms with Crippen molar-refractivity contribution in [2.24, 2.45) is 11.3 Å². The molecule has 2 unspecified atom stereocenters. The van der Waals surface area contributed by atoms with Gasteiger partial charge in [0.1, 0.15) is 0 Å². The van der Waals surface area contributed by atoms with Crippen LogP contribution in [-0.2, 0) is 11.2 Å². The third kappa shape index (κ3) is 5.08. The summed E-state index contributed by atoms with van der Waals surface area (Å²) in [7, 11) is 0. The number of benzene rings is 2. The Labute approximate surface area is 173 Å². The predicted molar refractivity (Wildman–Crippen MR) is 119 cm³/mol. The van der Waals surface area contributed by atoms with E-state index in [-0.39, 0.29) is 17.4 Å². The fraction of sp³-hybridized carbons (Fsp3) is 0.458. The van der Waals surface area contributed by atoms with Crippen LogP contribution in [0.15, 0.2) is 36.4 Å². The summed E-state index contributed by atoms with van der Waals surface area (Å²) in [5, 5.41) is 7.54. The van der Waals surface area contributed by atoms with Gasteiger partial charge in [0.05, 0.1) is 6.04 Å². The molecular formula is C24H31ClN2O. The number of carbonyl (C=O) groups excluding carboxylic acids is 1. The van der Waals surface area contributed by atoms with Crippen LogP contribution in [0.1, 0.15) is 63.3 Å². The van der Waals surface area contributed by atoms with E-state index in [0.29, 0.717) is 12.3 Å². The standard InChI is InChI=1S/C24H31ClN2O/c1-15-12-20-16(2)21(27-23(28)14-24(3,4)5)11-10-19(20)22(13-15)26-18-8-6-17(25)7-9-18/h6-11,15,22,26H,12-14H2,1-5H3,(H,27,28). The van der Waals surface area contributed by atoms with Crippen LogP contribution in [0.3, 0.4) is 0 Å². The number of rotatable bonds is 4. The molecule has 1 aliphatic carbocycles. The first-order valence-electron chi connectivity index (χ1n) is 10.1. The number of hydrogen-bond donors (Lipinski definition) is 2. The van der Waals surface area contributed by atoms with Crippen LogP contribution in [0.2, 0.25) is 5.02 Å². The van der Waals surface area contributed by atoms with Gasteiger partial charge in [-0.25, -0.2) is 0 Å². The summed E-state index contributed by atoms with van der Waals surface area (Å²) in [6, 6.07) is 12.4. The molecule has 0 radical (unpaired) electrons. The van der Waals surface area contributed by atoms with E-state index < -0.39 is 0 Å². The Morgan fingerprint density at radius 1 is 1.14 bits per heavy atom. The maximum atomic E-state index is 12.4. The van der Waals surface area contributed by atoms with Gasteiger partial charge in [-0.15, -0.1) is 0 Å². The van der Waals surface area contributed by atoms with Gasteiger partial charge in [0, 0.05) is 22.8 Å². The second kappa shape index (κ2) is 8.16. The summed E-state index contributed by atoms with van der Waals surface area (Å²) in [6.07, 6.45) is 2.65. The van der Waals surface area contributed by atoms with Crippen LogP contribution in [0.4, 0.5) is 11.4 Å². The Kier molecular flexibility index (Phi) is 6.04. The van der Waals surface area contributed by atoms with Crippen LogP contribution in [0, 0.1) is 18.3 Å². The molecule has 4 heteroatoms. The first-order chi connectivity index (χ1) is 13.1. The molecule has 0 aromatic heterocycles. The molecule has 1 amide bonds. The highest BCUT2D eigenvalue weighted by atomic mass is 35.5. The van der Waals surface area contributed by atoms with Crippen LogP contribution in [0.25, 0.3) is 0 Å². The number of carbonyl (C=O) groups is 1. The van der Waals surface area contributed by atoms with Crippen molar-refractivity contribution in [1.29, 1.82) is 0 Å². The van der Waals surface area contributed by atoms with E-state index in [9.17, 15) is 4.79 Å². The highest BCUT2D eigenvalue weighted by Crippen LogP contribution is 2.39. The smallest absolute Gasteiger partial charge is 0.224 e. The normalized spacial score (nSPS) is 19.1. The summed E-state index contributed by atoms with van der Waals surface area (Å²) in [6.45, 7) is 10.7. The second-order valence-corrected chi connectivity index (χ2v) is 9.78. The Morgan fingerprint density at radius 3 is 2.46 bits per heavy atom. The molecule has 0 bridgehead atoms. The minimum absolute atomic E-state index is 0.0195. The molecule has 0 heterocycles. The van der Waals surface area contributed by atoms with Gasteiger partial charge in [-0.1, -0.05) is 45.4 Å². The summed E-state index contributed by atoms with van der Waals surface area (Å²) in [4.78, 5) is 12.4. The van der Waals surface area contributed by atoms with Gasteiger partial charge in [0.15, 0.2) is 0 Å². The molecule has 3 rings (SSSR count). The second-order valence-electron chi connectivity index (χ2n) is 9.34. The molecule has 0 fully saturated rings. The van der Waals surface area contributed by atoms with Crippen LogP contribution in [0.5, 0.6) is 0 Å². The number of anilines is 2. The number of nitrogens with one attached hydrogen (secondary N) is 2. The number of halogens is 1. The van der Waals surface area contributed by atoms with E-state index in [1.807, 2.05) is 24.3 Å². The van der Waals surface area contributed by atoms with Crippen molar-refractivity contribution in [1.82, 2.24) is 0 Å². The monoisotopic (exact) mass is 398 g/mol. The third-order valence-electron chi connectivity index (χ3n) is 5.35. The average molecular weight is 399 g/mol. The molecule has 3 nitrogen and oxygen atoms in total. The lowest BCUT2D eigenvalue weighted by Gasteiger charge is -2.33. The molecule has 2 aromatic rings. The molecular weight excluding hydrogens is 368 g/mol. The van der Waals surface area contributed by atoms with Crippen LogP contribution in [-0.4, -0.2) is 5.91 Å². The topological polar surface area (TPSA) is 41.1 Å². The quantitative estimate of drug-likeness (QED) is 0.597. The Bertz CT molecular complexity index is 852. The zero-order chi connectivity index (χ0) is 20.5. The minimum atomic E-state index is -0.0195. The third-order valence-corrected chi connectivity index (χ3v) is 5.60. The molecule has 2 aromatic carbocycles. The Balaban J connectivity index is 1.84. The van der Waals surface area contributed by atoms with Gasteiger partial charge < -0.3 is 10.6 Å². The van der Waals surface area contributed by atoms with Crippen LogP contribution >= 0.6 is 11.6 Å². The number of hydrogen-bond acceptors (Lipinski definition) is 2. The highest BCUT2D eigenvalue weighted by molar-refractivity contribution is 6.30. The molecule has 28 heavy (non-hydrogen) atoms. The lowest BCUT2D eigenvalue weighted by atomic mass is 9.79. The zero-order valence-electron chi connectivity index (χ0n) is 17.5. The highest BCUT2D eigenvalue weighted by Gasteiger charge is 2.27. The lowest BCUT2D eigenvalue weighted by molar-refractivity contribution is -0.117. The Hall–Kier alpha value is -2.00. The van der Waals surface area contributed by atoms with E-state index in [1.165, 1.54) is 16.7 Å². The summed E-state index contributed by atoms with van der Waals surface area (Å²) < 4.78 is 0. The maximum Gasteiger partial charge on any atom is 0.224 e. The van der Waals surface area contributed by atoms with Crippen molar-refractivity contribution in [3.8, 4) is 0 Å². The zero-order valence-corrected chi connectivity index (χ0v) is 18.3. The maximum absolute atomic E-state index is 12.4. The van der Waals surface area contributed by atoms with Gasteiger partial charge >= 0.3 is 0 Å². The molecule has 0 aliphatic heterocycles. The first kappa shape index (κ1) is 20.7. The lowest BCUT2D eigenvalue weighted by Crippen LogP contribution is -2.24. The fourth-order valence-electron chi connectivity index (χ4n) is 4.03. The largest absolute Gasteiger partial charge is 0.378 e. The molecule has 150 valence electrons. The SMILES string of the molecule is Cc1c(NC(=O)CC(C)(C)C)ccc2c1CC(C)CC2Nc1ccc(Cl)cc1. The number of amides is 1. The van der Waals surface area contributed by atoms with E-state index in [1.54, 1.807) is 0 Å². The van der Waals surface area contributed by atoms with E-state index in [0.717, 1.165) is 29.2 Å². The molecule has 0 saturated heterocycles. The minimum Gasteiger partial charge on any atom is -0.378 e. The van der Waals surface area contributed by atoms with E-state index >= 15 is 0 Å². The molecule has 1 aliphatic rings.